The number of rotatable bonds is 5. The van der Waals surface area contributed by atoms with Crippen molar-refractivity contribution in [1.82, 2.24) is 34.9 Å². The van der Waals surface area contributed by atoms with Crippen LogP contribution in [-0.2, 0) is 11.3 Å². The molecule has 172 valence electrons. The summed E-state index contributed by atoms with van der Waals surface area (Å²) in [5.74, 6) is 1.35. The lowest BCUT2D eigenvalue weighted by Gasteiger charge is -2.31. The van der Waals surface area contributed by atoms with Gasteiger partial charge in [0.2, 0.25) is 5.91 Å². The fourth-order valence-corrected chi connectivity index (χ4v) is 4.73. The van der Waals surface area contributed by atoms with Crippen molar-refractivity contribution in [1.29, 1.82) is 0 Å². The summed E-state index contributed by atoms with van der Waals surface area (Å²) >= 11 is 0. The molecule has 9 heteroatoms. The van der Waals surface area contributed by atoms with Gasteiger partial charge in [0.05, 0.1) is 17.2 Å². The van der Waals surface area contributed by atoms with Gasteiger partial charge in [-0.1, -0.05) is 12.5 Å². The van der Waals surface area contributed by atoms with Gasteiger partial charge in [0.1, 0.15) is 29.2 Å². The van der Waals surface area contributed by atoms with Crippen LogP contribution in [0, 0.1) is 6.92 Å². The number of nitrogens with one attached hydrogen (secondary N) is 1. The highest BCUT2D eigenvalue weighted by Gasteiger charge is 2.36. The van der Waals surface area contributed by atoms with Gasteiger partial charge in [-0.25, -0.2) is 35.4 Å². The van der Waals surface area contributed by atoms with Crippen LogP contribution >= 0.6 is 0 Å². The predicted octanol–water partition coefficient (Wildman–Crippen LogP) is 3.79. The minimum atomic E-state index is -0.215. The van der Waals surface area contributed by atoms with E-state index in [0.717, 1.165) is 57.9 Å². The number of fused-ring (bicyclic) bond motifs is 2. The van der Waals surface area contributed by atoms with Gasteiger partial charge in [-0.15, -0.1) is 0 Å². The van der Waals surface area contributed by atoms with E-state index in [4.69, 9.17) is 4.98 Å². The quantitative estimate of drug-likeness (QED) is 0.489. The van der Waals surface area contributed by atoms with Crippen LogP contribution in [0.4, 0.5) is 5.69 Å². The minimum Gasteiger partial charge on any atom is -0.309 e. The summed E-state index contributed by atoms with van der Waals surface area (Å²) in [4.78, 5) is 35.7. The molecule has 1 amide bonds. The van der Waals surface area contributed by atoms with Gasteiger partial charge in [0.25, 0.3) is 0 Å². The fourth-order valence-electron chi connectivity index (χ4n) is 4.73. The monoisotopic (exact) mass is 454 g/mol. The molecule has 1 aliphatic carbocycles. The van der Waals surface area contributed by atoms with Crippen molar-refractivity contribution in [2.24, 2.45) is 0 Å². The van der Waals surface area contributed by atoms with E-state index in [-0.39, 0.29) is 11.8 Å². The number of nitrogens with zero attached hydrogens (tertiary/aromatic N) is 7. The van der Waals surface area contributed by atoms with E-state index in [1.54, 1.807) is 23.7 Å². The first-order valence-corrected chi connectivity index (χ1v) is 11.8. The largest absolute Gasteiger partial charge is 0.309 e. The molecule has 9 nitrogen and oxygen atoms in total. The van der Waals surface area contributed by atoms with E-state index >= 15 is 0 Å². The fraction of sp³-hybridized carbons (Fsp3) is 0.360. The molecule has 1 aliphatic heterocycles. The Hall–Kier alpha value is -3.72. The van der Waals surface area contributed by atoms with Crippen LogP contribution in [-0.4, -0.2) is 41.4 Å². The Bertz CT molecular complexity index is 1410. The zero-order valence-corrected chi connectivity index (χ0v) is 19.5. The highest BCUT2D eigenvalue weighted by molar-refractivity contribution is 6.05. The molecule has 34 heavy (non-hydrogen) atoms. The lowest BCUT2D eigenvalue weighted by atomic mass is 9.94. The Morgan fingerprint density at radius 3 is 2.59 bits per heavy atom. The van der Waals surface area contributed by atoms with Crippen LogP contribution in [0.5, 0.6) is 0 Å². The maximum atomic E-state index is 13.0. The van der Waals surface area contributed by atoms with E-state index in [0.29, 0.717) is 18.4 Å². The summed E-state index contributed by atoms with van der Waals surface area (Å²) in [6.07, 6.45) is 8.58. The Kier molecular flexibility index (Phi) is 4.88. The third-order valence-corrected chi connectivity index (χ3v) is 6.90. The van der Waals surface area contributed by atoms with Crippen molar-refractivity contribution >= 4 is 22.8 Å². The molecule has 1 fully saturated rings. The van der Waals surface area contributed by atoms with Crippen molar-refractivity contribution in [3.8, 4) is 22.6 Å². The maximum absolute atomic E-state index is 13.0. The SMILES string of the molecule is CCn1c(-c2cnc(C)nc2)nc2c(-c3ccc4c(c3)C(C)C(=O)N4NC3CCC3)ncnc21. The van der Waals surface area contributed by atoms with Gasteiger partial charge in [-0.3, -0.25) is 4.79 Å². The zero-order valence-electron chi connectivity index (χ0n) is 19.5. The zero-order chi connectivity index (χ0) is 23.4. The van der Waals surface area contributed by atoms with Gasteiger partial charge in [-0.05, 0) is 51.3 Å². The molecule has 3 aromatic heterocycles. The van der Waals surface area contributed by atoms with Crippen LogP contribution in [0.25, 0.3) is 33.8 Å². The second kappa shape index (κ2) is 7.95. The van der Waals surface area contributed by atoms with Crippen LogP contribution in [0.15, 0.2) is 36.9 Å². The van der Waals surface area contributed by atoms with Crippen LogP contribution in [0.3, 0.4) is 0 Å². The first-order chi connectivity index (χ1) is 16.5. The normalized spacial score (nSPS) is 17.9. The number of benzene rings is 1. The number of carbonyl (C=O) groups is 1. The number of carbonyl (C=O) groups excluding carboxylic acids is 1. The predicted molar refractivity (Wildman–Crippen MR) is 129 cm³/mol. The number of amides is 1. The summed E-state index contributed by atoms with van der Waals surface area (Å²) < 4.78 is 2.05. The number of aryl methyl sites for hydroxylation is 2. The van der Waals surface area contributed by atoms with Gasteiger partial charge < -0.3 is 4.57 Å². The van der Waals surface area contributed by atoms with Crippen LogP contribution < -0.4 is 10.4 Å². The number of hydrazine groups is 1. The average molecular weight is 455 g/mol. The molecule has 0 bridgehead atoms. The molecular weight excluding hydrogens is 428 g/mol. The molecule has 1 N–H and O–H groups in total. The highest BCUT2D eigenvalue weighted by Crippen LogP contribution is 2.40. The molecular formula is C25H26N8O. The molecule has 0 spiro atoms. The number of imidazole rings is 1. The second-order valence-electron chi connectivity index (χ2n) is 9.02. The van der Waals surface area contributed by atoms with Gasteiger partial charge >= 0.3 is 0 Å². The third kappa shape index (κ3) is 3.19. The van der Waals surface area contributed by atoms with Crippen molar-refractivity contribution in [2.45, 2.75) is 58.5 Å². The Balaban J connectivity index is 1.45. The average Bonchev–Trinajstić information content (AvgIpc) is 3.32. The van der Waals surface area contributed by atoms with Crippen LogP contribution in [0.2, 0.25) is 0 Å². The Morgan fingerprint density at radius 1 is 1.09 bits per heavy atom. The van der Waals surface area contributed by atoms with E-state index in [1.807, 2.05) is 26.0 Å². The summed E-state index contributed by atoms with van der Waals surface area (Å²) in [7, 11) is 0. The number of anilines is 1. The van der Waals surface area contributed by atoms with Crippen molar-refractivity contribution in [2.75, 3.05) is 5.01 Å². The van der Waals surface area contributed by atoms with E-state index in [1.165, 1.54) is 6.42 Å². The molecule has 6 rings (SSSR count). The van der Waals surface area contributed by atoms with Crippen LogP contribution in [0.1, 0.15) is 50.4 Å². The number of hydrogen-bond acceptors (Lipinski definition) is 7. The topological polar surface area (TPSA) is 102 Å². The lowest BCUT2D eigenvalue weighted by molar-refractivity contribution is -0.119. The lowest BCUT2D eigenvalue weighted by Crippen LogP contribution is -2.49. The second-order valence-corrected chi connectivity index (χ2v) is 9.02. The van der Waals surface area contributed by atoms with E-state index in [2.05, 4.69) is 42.9 Å². The van der Waals surface area contributed by atoms with Crippen molar-refractivity contribution in [3.63, 3.8) is 0 Å². The molecule has 0 radical (unpaired) electrons. The summed E-state index contributed by atoms with van der Waals surface area (Å²) in [5, 5.41) is 1.74. The molecule has 4 aromatic rings. The van der Waals surface area contributed by atoms with Crippen molar-refractivity contribution < 1.29 is 4.79 Å². The molecule has 4 heterocycles. The molecule has 1 unspecified atom stereocenters. The van der Waals surface area contributed by atoms with E-state index < -0.39 is 0 Å². The summed E-state index contributed by atoms with van der Waals surface area (Å²) in [5.41, 5.74) is 9.33. The number of aromatic nitrogens is 6. The minimum absolute atomic E-state index is 0.0869. The Morgan fingerprint density at radius 2 is 1.88 bits per heavy atom. The summed E-state index contributed by atoms with van der Waals surface area (Å²) in [6.45, 7) is 6.59. The maximum Gasteiger partial charge on any atom is 0.248 e. The molecule has 1 aromatic carbocycles. The van der Waals surface area contributed by atoms with E-state index in [9.17, 15) is 4.79 Å². The van der Waals surface area contributed by atoms with Gasteiger partial charge in [0, 0.05) is 30.5 Å². The number of hydrogen-bond donors (Lipinski definition) is 1. The molecule has 1 atom stereocenters. The van der Waals surface area contributed by atoms with Gasteiger partial charge in [-0.2, -0.15) is 0 Å². The highest BCUT2D eigenvalue weighted by atomic mass is 16.2. The standard InChI is InChI=1S/C25H26N8O/c1-4-32-23(17-11-26-15(3)27-12-17)30-22-21(28-13-29-24(22)32)16-8-9-20-19(10-16)14(2)25(34)33(20)31-18-6-5-7-18/h8-14,18,31H,4-7H2,1-3H3. The first kappa shape index (κ1) is 20.9. The smallest absolute Gasteiger partial charge is 0.248 e. The third-order valence-electron chi connectivity index (χ3n) is 6.90. The molecule has 1 saturated carbocycles. The molecule has 2 aliphatic rings. The summed E-state index contributed by atoms with van der Waals surface area (Å²) in [6, 6.07) is 6.48. The Labute approximate surface area is 197 Å². The van der Waals surface area contributed by atoms with Crippen molar-refractivity contribution in [3.05, 3.63) is 48.3 Å². The first-order valence-electron chi connectivity index (χ1n) is 11.8. The van der Waals surface area contributed by atoms with Gasteiger partial charge in [0.15, 0.2) is 5.65 Å². The molecule has 0 saturated heterocycles.